The van der Waals surface area contributed by atoms with E-state index in [1.807, 2.05) is 4.90 Å². The second kappa shape index (κ2) is 6.74. The first kappa shape index (κ1) is 15.9. The minimum Gasteiger partial charge on any atom is -0.312 e. The zero-order chi connectivity index (χ0) is 17.2. The van der Waals surface area contributed by atoms with Gasteiger partial charge in [-0.05, 0) is 55.9 Å². The first-order valence-corrected chi connectivity index (χ1v) is 8.75. The van der Waals surface area contributed by atoms with E-state index in [2.05, 4.69) is 21.5 Å². The Morgan fingerprint density at radius 1 is 1.32 bits per heavy atom. The SMILES string of the molecule is O=C(Cn1nnc(-c2cccc(F)c2)n1)N(C1=CCCCC1)C1CC1. The lowest BCUT2D eigenvalue weighted by Gasteiger charge is -2.27. The van der Waals surface area contributed by atoms with Gasteiger partial charge < -0.3 is 4.90 Å². The first-order chi connectivity index (χ1) is 12.2. The number of rotatable bonds is 5. The monoisotopic (exact) mass is 341 g/mol. The molecule has 25 heavy (non-hydrogen) atoms. The van der Waals surface area contributed by atoms with Crippen LogP contribution in [-0.4, -0.2) is 37.1 Å². The summed E-state index contributed by atoms with van der Waals surface area (Å²) in [6.45, 7) is 0.0517. The van der Waals surface area contributed by atoms with Crippen molar-refractivity contribution in [2.45, 2.75) is 51.1 Å². The summed E-state index contributed by atoms with van der Waals surface area (Å²) in [4.78, 5) is 16.0. The molecule has 2 aliphatic carbocycles. The third-order valence-electron chi connectivity index (χ3n) is 4.57. The number of nitrogens with zero attached hydrogens (tertiary/aromatic N) is 5. The Hall–Kier alpha value is -2.57. The second-order valence-electron chi connectivity index (χ2n) is 6.59. The molecule has 1 amide bonds. The third kappa shape index (κ3) is 3.60. The standard InChI is InChI=1S/C18H20FN5O/c19-14-6-4-5-13(11-14)18-20-22-23(21-18)12-17(25)24(16-9-10-16)15-7-2-1-3-8-15/h4-7,11,16H,1-3,8-10,12H2. The Morgan fingerprint density at radius 3 is 2.92 bits per heavy atom. The van der Waals surface area contributed by atoms with Gasteiger partial charge in [0.25, 0.3) is 5.91 Å². The number of carbonyl (C=O) groups excluding carboxylic acids is 1. The summed E-state index contributed by atoms with van der Waals surface area (Å²) in [6, 6.07) is 6.36. The summed E-state index contributed by atoms with van der Waals surface area (Å²) in [5, 5.41) is 12.1. The Labute approximate surface area is 145 Å². The van der Waals surface area contributed by atoms with Gasteiger partial charge in [-0.25, -0.2) is 4.39 Å². The van der Waals surface area contributed by atoms with Crippen LogP contribution in [0.1, 0.15) is 38.5 Å². The van der Waals surface area contributed by atoms with Crippen LogP contribution >= 0.6 is 0 Å². The molecule has 1 aromatic carbocycles. The van der Waals surface area contributed by atoms with Crippen LogP contribution < -0.4 is 0 Å². The number of tetrazole rings is 1. The third-order valence-corrected chi connectivity index (χ3v) is 4.57. The fourth-order valence-electron chi connectivity index (χ4n) is 3.22. The van der Waals surface area contributed by atoms with Crippen molar-refractivity contribution in [1.29, 1.82) is 0 Å². The smallest absolute Gasteiger partial charge is 0.250 e. The van der Waals surface area contributed by atoms with E-state index >= 15 is 0 Å². The molecule has 1 fully saturated rings. The van der Waals surface area contributed by atoms with E-state index in [4.69, 9.17) is 0 Å². The Morgan fingerprint density at radius 2 is 2.20 bits per heavy atom. The molecule has 0 bridgehead atoms. The van der Waals surface area contributed by atoms with E-state index in [1.165, 1.54) is 23.4 Å². The summed E-state index contributed by atoms with van der Waals surface area (Å²) in [5.74, 6) is -0.0323. The maximum absolute atomic E-state index is 13.3. The molecule has 0 spiro atoms. The van der Waals surface area contributed by atoms with Crippen LogP contribution in [0.25, 0.3) is 11.4 Å². The van der Waals surface area contributed by atoms with Gasteiger partial charge in [0.05, 0.1) is 0 Å². The summed E-state index contributed by atoms with van der Waals surface area (Å²) >= 11 is 0. The summed E-state index contributed by atoms with van der Waals surface area (Å²) in [7, 11) is 0. The van der Waals surface area contributed by atoms with E-state index < -0.39 is 0 Å². The van der Waals surface area contributed by atoms with Crippen molar-refractivity contribution < 1.29 is 9.18 Å². The number of benzene rings is 1. The number of hydrogen-bond acceptors (Lipinski definition) is 4. The van der Waals surface area contributed by atoms with Gasteiger partial charge in [-0.3, -0.25) is 4.79 Å². The second-order valence-corrected chi connectivity index (χ2v) is 6.59. The molecule has 0 radical (unpaired) electrons. The number of amides is 1. The van der Waals surface area contributed by atoms with Gasteiger partial charge in [-0.15, -0.1) is 10.2 Å². The van der Waals surface area contributed by atoms with Crippen molar-refractivity contribution in [3.05, 3.63) is 41.9 Å². The van der Waals surface area contributed by atoms with Gasteiger partial charge in [-0.1, -0.05) is 18.2 Å². The lowest BCUT2D eigenvalue weighted by atomic mass is 10.0. The van der Waals surface area contributed by atoms with E-state index in [9.17, 15) is 9.18 Å². The lowest BCUT2D eigenvalue weighted by Crippen LogP contribution is -2.36. The molecule has 0 aliphatic heterocycles. The minimum atomic E-state index is -0.353. The van der Waals surface area contributed by atoms with Crippen LogP contribution in [0.5, 0.6) is 0 Å². The molecule has 6 nitrogen and oxygen atoms in total. The number of aromatic nitrogens is 4. The van der Waals surface area contributed by atoms with Crippen LogP contribution in [0.4, 0.5) is 4.39 Å². The van der Waals surface area contributed by atoms with Crippen molar-refractivity contribution in [3.63, 3.8) is 0 Å². The fourth-order valence-corrected chi connectivity index (χ4v) is 3.22. The predicted octanol–water partition coefficient (Wildman–Crippen LogP) is 2.93. The van der Waals surface area contributed by atoms with E-state index in [0.29, 0.717) is 17.4 Å². The van der Waals surface area contributed by atoms with Crippen LogP contribution in [0.2, 0.25) is 0 Å². The average Bonchev–Trinajstić information content (AvgIpc) is 3.33. The molecule has 0 atom stereocenters. The van der Waals surface area contributed by atoms with Crippen molar-refractivity contribution in [3.8, 4) is 11.4 Å². The first-order valence-electron chi connectivity index (χ1n) is 8.75. The zero-order valence-corrected chi connectivity index (χ0v) is 13.9. The van der Waals surface area contributed by atoms with Gasteiger partial charge >= 0.3 is 0 Å². The molecule has 0 saturated heterocycles. The largest absolute Gasteiger partial charge is 0.312 e. The zero-order valence-electron chi connectivity index (χ0n) is 13.9. The Kier molecular flexibility index (Phi) is 4.29. The Bertz CT molecular complexity index is 811. The maximum atomic E-state index is 13.3. The molecule has 0 unspecified atom stereocenters. The summed E-state index contributed by atoms with van der Waals surface area (Å²) < 4.78 is 13.3. The van der Waals surface area contributed by atoms with Crippen LogP contribution in [0.3, 0.4) is 0 Å². The molecule has 2 aliphatic rings. The molecular weight excluding hydrogens is 321 g/mol. The number of allylic oxidation sites excluding steroid dienone is 2. The highest BCUT2D eigenvalue weighted by Gasteiger charge is 2.35. The van der Waals surface area contributed by atoms with Gasteiger partial charge in [0.1, 0.15) is 12.4 Å². The molecule has 130 valence electrons. The molecular formula is C18H20FN5O. The Balaban J connectivity index is 1.49. The molecule has 4 rings (SSSR count). The van der Waals surface area contributed by atoms with Crippen molar-refractivity contribution >= 4 is 5.91 Å². The van der Waals surface area contributed by atoms with E-state index in [1.54, 1.807) is 12.1 Å². The normalized spacial score (nSPS) is 17.2. The van der Waals surface area contributed by atoms with Gasteiger partial charge in [-0.2, -0.15) is 4.80 Å². The average molecular weight is 341 g/mol. The molecule has 1 aromatic heterocycles. The number of carbonyl (C=O) groups is 1. The molecule has 1 heterocycles. The lowest BCUT2D eigenvalue weighted by molar-refractivity contribution is -0.131. The molecule has 2 aromatic rings. The van der Waals surface area contributed by atoms with E-state index in [-0.39, 0.29) is 18.3 Å². The maximum Gasteiger partial charge on any atom is 0.250 e. The van der Waals surface area contributed by atoms with Crippen LogP contribution in [0, 0.1) is 5.82 Å². The van der Waals surface area contributed by atoms with Gasteiger partial charge in [0.2, 0.25) is 5.82 Å². The fraction of sp³-hybridized carbons (Fsp3) is 0.444. The highest BCUT2D eigenvalue weighted by Crippen LogP contribution is 2.33. The van der Waals surface area contributed by atoms with Gasteiger partial charge in [0, 0.05) is 17.3 Å². The minimum absolute atomic E-state index is 0.00107. The van der Waals surface area contributed by atoms with Gasteiger partial charge in [0.15, 0.2) is 0 Å². The number of hydrogen-bond donors (Lipinski definition) is 0. The number of halogens is 1. The quantitative estimate of drug-likeness (QED) is 0.839. The highest BCUT2D eigenvalue weighted by atomic mass is 19.1. The van der Waals surface area contributed by atoms with E-state index in [0.717, 1.165) is 37.8 Å². The molecule has 7 heteroatoms. The predicted molar refractivity (Wildman–Crippen MR) is 89.6 cm³/mol. The summed E-state index contributed by atoms with van der Waals surface area (Å²) in [5.41, 5.74) is 1.69. The molecule has 1 saturated carbocycles. The van der Waals surface area contributed by atoms with Crippen molar-refractivity contribution in [1.82, 2.24) is 25.1 Å². The van der Waals surface area contributed by atoms with Crippen LogP contribution in [-0.2, 0) is 11.3 Å². The molecule has 0 N–H and O–H groups in total. The summed E-state index contributed by atoms with van der Waals surface area (Å²) in [6.07, 6.45) is 8.63. The highest BCUT2D eigenvalue weighted by molar-refractivity contribution is 5.78. The topological polar surface area (TPSA) is 63.9 Å². The van der Waals surface area contributed by atoms with Crippen molar-refractivity contribution in [2.75, 3.05) is 0 Å². The van der Waals surface area contributed by atoms with Crippen molar-refractivity contribution in [2.24, 2.45) is 0 Å². The van der Waals surface area contributed by atoms with Crippen LogP contribution in [0.15, 0.2) is 36.0 Å².